The van der Waals surface area contributed by atoms with Crippen LogP contribution in [0.4, 0.5) is 5.95 Å². The third kappa shape index (κ3) is 4.85. The molecule has 3 N–H and O–H groups in total. The van der Waals surface area contributed by atoms with E-state index in [0.717, 1.165) is 29.2 Å². The maximum absolute atomic E-state index is 13.1. The number of imidazole rings is 1. The second kappa shape index (κ2) is 10.3. The van der Waals surface area contributed by atoms with Gasteiger partial charge in [-0.3, -0.25) is 4.40 Å². The summed E-state index contributed by atoms with van der Waals surface area (Å²) in [5.41, 5.74) is 2.22. The molecule has 0 radical (unpaired) electrons. The van der Waals surface area contributed by atoms with Gasteiger partial charge in [0.15, 0.2) is 4.96 Å². The summed E-state index contributed by atoms with van der Waals surface area (Å²) in [6.07, 6.45) is 5.35. The normalized spacial score (nSPS) is 17.0. The van der Waals surface area contributed by atoms with Gasteiger partial charge >= 0.3 is 0 Å². The molecule has 0 spiro atoms. The monoisotopic (exact) mass is 566 g/mol. The average molecular weight is 567 g/mol. The smallest absolute Gasteiger partial charge is 0.223 e. The number of phenolic OH excluding ortho intramolecular Hbond substituents is 2. The standard InChI is InChI=1S/C26H23ClN6O3S2/c27-16-3-6-19(7-4-16)38(36)32-11-1-2-17(15-32)29-25-28-10-9-21(30-25)24-23(31-26-33(24)12-13-37-26)20-14-18(34)5-8-22(20)35/h3-10,12-14,17,34-35H,1-2,11,15H2,(H,28,29,30)/t17-,38?/m1/s1. The molecule has 1 aliphatic rings. The first-order valence-electron chi connectivity index (χ1n) is 12.0. The third-order valence-corrected chi connectivity index (χ3v) is 8.85. The first-order valence-corrected chi connectivity index (χ1v) is 14.3. The summed E-state index contributed by atoms with van der Waals surface area (Å²) in [5.74, 6) is 0.490. The highest BCUT2D eigenvalue weighted by Crippen LogP contribution is 2.39. The molecule has 1 aliphatic heterocycles. The fourth-order valence-electron chi connectivity index (χ4n) is 4.59. The van der Waals surface area contributed by atoms with Gasteiger partial charge in [0.25, 0.3) is 0 Å². The van der Waals surface area contributed by atoms with Crippen LogP contribution in [0.25, 0.3) is 27.6 Å². The average Bonchev–Trinajstić information content (AvgIpc) is 3.52. The van der Waals surface area contributed by atoms with E-state index in [9.17, 15) is 14.4 Å². The van der Waals surface area contributed by atoms with Crippen molar-refractivity contribution in [1.29, 1.82) is 0 Å². The molecule has 38 heavy (non-hydrogen) atoms. The van der Waals surface area contributed by atoms with E-state index in [-0.39, 0.29) is 17.5 Å². The van der Waals surface area contributed by atoms with Crippen molar-refractivity contribution in [1.82, 2.24) is 23.7 Å². The second-order valence-corrected chi connectivity index (χ2v) is 11.7. The van der Waals surface area contributed by atoms with Crippen LogP contribution in [0.15, 0.2) is 71.2 Å². The predicted molar refractivity (Wildman–Crippen MR) is 149 cm³/mol. The van der Waals surface area contributed by atoms with Gasteiger partial charge in [0, 0.05) is 47.5 Å². The van der Waals surface area contributed by atoms with Gasteiger partial charge in [-0.2, -0.15) is 0 Å². The molecule has 6 rings (SSSR count). The molecule has 194 valence electrons. The highest BCUT2D eigenvalue weighted by molar-refractivity contribution is 7.82. The maximum atomic E-state index is 13.1. The van der Waals surface area contributed by atoms with E-state index in [1.807, 2.05) is 20.3 Å². The maximum Gasteiger partial charge on any atom is 0.223 e. The first-order chi connectivity index (χ1) is 18.5. The van der Waals surface area contributed by atoms with E-state index in [1.54, 1.807) is 36.5 Å². The van der Waals surface area contributed by atoms with Crippen LogP contribution in [0.3, 0.4) is 0 Å². The number of thiazole rings is 1. The van der Waals surface area contributed by atoms with E-state index in [2.05, 4.69) is 10.3 Å². The fraction of sp³-hybridized carbons (Fsp3) is 0.192. The number of nitrogens with one attached hydrogen (secondary N) is 1. The van der Waals surface area contributed by atoms with Crippen molar-refractivity contribution in [3.63, 3.8) is 0 Å². The van der Waals surface area contributed by atoms with Gasteiger partial charge in [-0.15, -0.1) is 11.3 Å². The first kappa shape index (κ1) is 24.8. The van der Waals surface area contributed by atoms with Crippen molar-refractivity contribution in [3.05, 3.63) is 71.3 Å². The van der Waals surface area contributed by atoms with Crippen LogP contribution in [0, 0.1) is 0 Å². The summed E-state index contributed by atoms with van der Waals surface area (Å²) in [4.78, 5) is 15.4. The number of hydrogen-bond donors (Lipinski definition) is 3. The van der Waals surface area contributed by atoms with Crippen molar-refractivity contribution >= 4 is 44.8 Å². The lowest BCUT2D eigenvalue weighted by Crippen LogP contribution is -2.43. The number of piperidine rings is 1. The Hall–Kier alpha value is -3.51. The number of benzene rings is 2. The number of aromatic hydroxyl groups is 2. The van der Waals surface area contributed by atoms with Crippen molar-refractivity contribution < 1.29 is 14.4 Å². The molecule has 0 amide bonds. The lowest BCUT2D eigenvalue weighted by atomic mass is 10.1. The highest BCUT2D eigenvalue weighted by Gasteiger charge is 2.26. The summed E-state index contributed by atoms with van der Waals surface area (Å²) in [6.45, 7) is 1.31. The quantitative estimate of drug-likeness (QED) is 0.242. The molecule has 0 bridgehead atoms. The summed E-state index contributed by atoms with van der Waals surface area (Å²) in [7, 11) is -1.29. The molecule has 4 heterocycles. The molecule has 1 fully saturated rings. The Kier molecular flexibility index (Phi) is 6.75. The zero-order chi connectivity index (χ0) is 26.2. The van der Waals surface area contributed by atoms with Crippen LogP contribution in [-0.2, 0) is 11.0 Å². The number of aromatic nitrogens is 4. The van der Waals surface area contributed by atoms with Gasteiger partial charge < -0.3 is 15.5 Å². The number of anilines is 1. The minimum atomic E-state index is -1.29. The van der Waals surface area contributed by atoms with Crippen LogP contribution < -0.4 is 5.32 Å². The number of fused-ring (bicyclic) bond motifs is 1. The van der Waals surface area contributed by atoms with Crippen molar-refractivity contribution in [2.24, 2.45) is 0 Å². The lowest BCUT2D eigenvalue weighted by molar-refractivity contribution is 0.342. The zero-order valence-electron chi connectivity index (χ0n) is 20.0. The minimum Gasteiger partial charge on any atom is -0.508 e. The Labute approximate surface area is 230 Å². The second-order valence-electron chi connectivity index (χ2n) is 8.91. The van der Waals surface area contributed by atoms with Crippen molar-refractivity contribution in [2.75, 3.05) is 18.4 Å². The van der Waals surface area contributed by atoms with Gasteiger partial charge in [0.2, 0.25) is 5.95 Å². The SMILES string of the molecule is O=S(c1ccc(Cl)cc1)N1CCC[C@@H](Nc2nccc(-c3c(-c4cc(O)ccc4O)nc4sccn34)n2)C1. The predicted octanol–water partition coefficient (Wildman–Crippen LogP) is 5.18. The molecule has 1 saturated heterocycles. The summed E-state index contributed by atoms with van der Waals surface area (Å²) in [6, 6.07) is 13.2. The molecule has 12 heteroatoms. The van der Waals surface area contributed by atoms with Crippen LogP contribution in [0.1, 0.15) is 12.8 Å². The molecule has 0 aliphatic carbocycles. The molecular formula is C26H23ClN6O3S2. The molecule has 9 nitrogen and oxygen atoms in total. The van der Waals surface area contributed by atoms with Crippen molar-refractivity contribution in [2.45, 2.75) is 23.8 Å². The lowest BCUT2D eigenvalue weighted by Gasteiger charge is -2.32. The van der Waals surface area contributed by atoms with Crippen LogP contribution >= 0.6 is 22.9 Å². The number of hydrogen-bond acceptors (Lipinski definition) is 8. The van der Waals surface area contributed by atoms with E-state index in [4.69, 9.17) is 21.6 Å². The van der Waals surface area contributed by atoms with Gasteiger partial charge in [0.05, 0.1) is 10.6 Å². The van der Waals surface area contributed by atoms with Gasteiger partial charge in [-0.1, -0.05) is 11.6 Å². The largest absolute Gasteiger partial charge is 0.508 e. The zero-order valence-corrected chi connectivity index (χ0v) is 22.4. The fourth-order valence-corrected chi connectivity index (χ4v) is 6.70. The van der Waals surface area contributed by atoms with Gasteiger partial charge in [-0.25, -0.2) is 23.5 Å². The van der Waals surface area contributed by atoms with Crippen LogP contribution in [0.2, 0.25) is 5.02 Å². The topological polar surface area (TPSA) is 116 Å². The Morgan fingerprint density at radius 1 is 1.11 bits per heavy atom. The molecule has 3 aromatic heterocycles. The molecule has 2 atom stereocenters. The molecule has 0 saturated carbocycles. The Bertz CT molecular complexity index is 1640. The molecule has 5 aromatic rings. The third-order valence-electron chi connectivity index (χ3n) is 6.36. The molecule has 2 aromatic carbocycles. The number of halogens is 1. The summed E-state index contributed by atoms with van der Waals surface area (Å²) < 4.78 is 17.0. The van der Waals surface area contributed by atoms with E-state index in [1.165, 1.54) is 29.5 Å². The summed E-state index contributed by atoms with van der Waals surface area (Å²) in [5, 5.41) is 26.5. The highest BCUT2D eigenvalue weighted by atomic mass is 35.5. The summed E-state index contributed by atoms with van der Waals surface area (Å²) >= 11 is 7.45. The minimum absolute atomic E-state index is 0.0106. The van der Waals surface area contributed by atoms with Crippen molar-refractivity contribution in [3.8, 4) is 34.1 Å². The Morgan fingerprint density at radius 2 is 1.95 bits per heavy atom. The van der Waals surface area contributed by atoms with E-state index >= 15 is 0 Å². The van der Waals surface area contributed by atoms with E-state index in [0.29, 0.717) is 40.2 Å². The Balaban J connectivity index is 1.28. The number of phenols is 2. The van der Waals surface area contributed by atoms with Crippen LogP contribution in [-0.4, -0.2) is 57.2 Å². The molecule has 1 unspecified atom stereocenters. The number of rotatable bonds is 6. The van der Waals surface area contributed by atoms with Gasteiger partial charge in [0.1, 0.15) is 33.9 Å². The van der Waals surface area contributed by atoms with Crippen LogP contribution in [0.5, 0.6) is 11.5 Å². The molecular weight excluding hydrogens is 544 g/mol. The Morgan fingerprint density at radius 3 is 2.79 bits per heavy atom. The van der Waals surface area contributed by atoms with E-state index < -0.39 is 11.0 Å². The number of nitrogens with zero attached hydrogens (tertiary/aromatic N) is 5. The van der Waals surface area contributed by atoms with Gasteiger partial charge in [-0.05, 0) is 61.4 Å².